The number of aromatic nitrogens is 2. The zero-order valence-corrected chi connectivity index (χ0v) is 15.9. The van der Waals surface area contributed by atoms with E-state index in [4.69, 9.17) is 14.5 Å². The van der Waals surface area contributed by atoms with Gasteiger partial charge in [0.15, 0.2) is 0 Å². The van der Waals surface area contributed by atoms with Gasteiger partial charge in [0.05, 0.1) is 31.2 Å². The Balaban J connectivity index is 1.74. The standard InChI is InChI=1S/C21H26FN3O2/c1-3-4-11-23-15-21-24-19-14-18(26-2)9-10-20(19)25(21)12-13-27-17-7-5-16(22)6-8-17/h5-10,14,23H,3-4,11-13,15H2,1-2H3. The highest BCUT2D eigenvalue weighted by Crippen LogP contribution is 2.22. The lowest BCUT2D eigenvalue weighted by molar-refractivity contribution is 0.297. The molecule has 3 rings (SSSR count). The van der Waals surface area contributed by atoms with Gasteiger partial charge >= 0.3 is 0 Å². The normalized spacial score (nSPS) is 11.1. The predicted molar refractivity (Wildman–Crippen MR) is 105 cm³/mol. The van der Waals surface area contributed by atoms with Crippen LogP contribution >= 0.6 is 0 Å². The summed E-state index contributed by atoms with van der Waals surface area (Å²) in [6.45, 7) is 4.98. The monoisotopic (exact) mass is 371 g/mol. The van der Waals surface area contributed by atoms with E-state index >= 15 is 0 Å². The summed E-state index contributed by atoms with van der Waals surface area (Å²) in [4.78, 5) is 4.77. The number of hydrogen-bond donors (Lipinski definition) is 1. The summed E-state index contributed by atoms with van der Waals surface area (Å²) in [6, 6.07) is 12.0. The average molecular weight is 371 g/mol. The van der Waals surface area contributed by atoms with E-state index < -0.39 is 0 Å². The molecule has 2 aromatic carbocycles. The Hall–Kier alpha value is -2.60. The first kappa shape index (κ1) is 19.2. The quantitative estimate of drug-likeness (QED) is 0.544. The summed E-state index contributed by atoms with van der Waals surface area (Å²) in [5.74, 6) is 2.15. The summed E-state index contributed by atoms with van der Waals surface area (Å²) < 4.78 is 26.3. The average Bonchev–Trinajstić information content (AvgIpc) is 3.03. The lowest BCUT2D eigenvalue weighted by Gasteiger charge is -2.11. The molecule has 0 radical (unpaired) electrons. The molecule has 144 valence electrons. The second kappa shape index (κ2) is 9.37. The summed E-state index contributed by atoms with van der Waals surface area (Å²) in [7, 11) is 1.65. The van der Waals surface area contributed by atoms with Crippen molar-refractivity contribution in [1.29, 1.82) is 0 Å². The van der Waals surface area contributed by atoms with Crippen LogP contribution in [0.4, 0.5) is 4.39 Å². The van der Waals surface area contributed by atoms with E-state index in [9.17, 15) is 4.39 Å². The van der Waals surface area contributed by atoms with Crippen LogP contribution in [0, 0.1) is 5.82 Å². The maximum absolute atomic E-state index is 13.0. The molecule has 0 atom stereocenters. The molecule has 1 aromatic heterocycles. The molecule has 0 saturated carbocycles. The first-order valence-electron chi connectivity index (χ1n) is 9.33. The van der Waals surface area contributed by atoms with Crippen LogP contribution in [-0.2, 0) is 13.1 Å². The van der Waals surface area contributed by atoms with E-state index in [-0.39, 0.29) is 5.82 Å². The number of halogens is 1. The molecule has 5 nitrogen and oxygen atoms in total. The van der Waals surface area contributed by atoms with Gasteiger partial charge in [-0.3, -0.25) is 0 Å². The lowest BCUT2D eigenvalue weighted by Crippen LogP contribution is -2.19. The Morgan fingerprint density at radius 1 is 1.11 bits per heavy atom. The van der Waals surface area contributed by atoms with Gasteiger partial charge in [-0.2, -0.15) is 0 Å². The minimum Gasteiger partial charge on any atom is -0.497 e. The Morgan fingerprint density at radius 2 is 1.89 bits per heavy atom. The molecule has 27 heavy (non-hydrogen) atoms. The highest BCUT2D eigenvalue weighted by atomic mass is 19.1. The van der Waals surface area contributed by atoms with Gasteiger partial charge in [0.1, 0.15) is 29.7 Å². The molecule has 1 heterocycles. The van der Waals surface area contributed by atoms with Gasteiger partial charge in [0, 0.05) is 6.07 Å². The van der Waals surface area contributed by atoms with Crippen molar-refractivity contribution in [2.45, 2.75) is 32.9 Å². The Bertz CT molecular complexity index is 862. The van der Waals surface area contributed by atoms with Crippen LogP contribution < -0.4 is 14.8 Å². The zero-order valence-electron chi connectivity index (χ0n) is 15.9. The largest absolute Gasteiger partial charge is 0.497 e. The van der Waals surface area contributed by atoms with Gasteiger partial charge in [0.25, 0.3) is 0 Å². The number of imidazole rings is 1. The van der Waals surface area contributed by atoms with Crippen LogP contribution in [0.3, 0.4) is 0 Å². The number of benzene rings is 2. The van der Waals surface area contributed by atoms with Crippen LogP contribution in [0.15, 0.2) is 42.5 Å². The van der Waals surface area contributed by atoms with Crippen molar-refractivity contribution in [2.24, 2.45) is 0 Å². The van der Waals surface area contributed by atoms with E-state index in [1.54, 1.807) is 19.2 Å². The third-order valence-corrected chi connectivity index (χ3v) is 4.42. The fourth-order valence-electron chi connectivity index (χ4n) is 2.96. The second-order valence-electron chi connectivity index (χ2n) is 6.37. The lowest BCUT2D eigenvalue weighted by atomic mass is 10.3. The number of rotatable bonds is 10. The highest BCUT2D eigenvalue weighted by molar-refractivity contribution is 5.77. The van der Waals surface area contributed by atoms with Gasteiger partial charge in [-0.05, 0) is 49.4 Å². The third-order valence-electron chi connectivity index (χ3n) is 4.42. The number of fused-ring (bicyclic) bond motifs is 1. The smallest absolute Gasteiger partial charge is 0.124 e. The van der Waals surface area contributed by atoms with Crippen molar-refractivity contribution >= 4 is 11.0 Å². The number of nitrogens with zero attached hydrogens (tertiary/aromatic N) is 2. The van der Waals surface area contributed by atoms with Gasteiger partial charge in [-0.1, -0.05) is 13.3 Å². The molecule has 0 saturated heterocycles. The van der Waals surface area contributed by atoms with Crippen LogP contribution in [0.2, 0.25) is 0 Å². The van der Waals surface area contributed by atoms with E-state index in [0.29, 0.717) is 25.4 Å². The number of ether oxygens (including phenoxy) is 2. The van der Waals surface area contributed by atoms with Gasteiger partial charge in [0.2, 0.25) is 0 Å². The number of nitrogens with one attached hydrogen (secondary N) is 1. The summed E-state index contributed by atoms with van der Waals surface area (Å²) in [5, 5.41) is 3.45. The van der Waals surface area contributed by atoms with Crippen molar-refractivity contribution in [3.05, 3.63) is 54.1 Å². The third kappa shape index (κ3) is 4.98. The molecule has 6 heteroatoms. The molecule has 0 amide bonds. The van der Waals surface area contributed by atoms with Crippen molar-refractivity contribution in [3.63, 3.8) is 0 Å². The predicted octanol–water partition coefficient (Wildman–Crippen LogP) is 4.15. The van der Waals surface area contributed by atoms with E-state index in [1.807, 2.05) is 18.2 Å². The molecule has 1 N–H and O–H groups in total. The highest BCUT2D eigenvalue weighted by Gasteiger charge is 2.11. The summed E-state index contributed by atoms with van der Waals surface area (Å²) in [5.41, 5.74) is 1.95. The molecule has 0 fully saturated rings. The van der Waals surface area contributed by atoms with E-state index in [0.717, 1.165) is 42.0 Å². The van der Waals surface area contributed by atoms with Crippen molar-refractivity contribution in [2.75, 3.05) is 20.3 Å². The molecule has 3 aromatic rings. The van der Waals surface area contributed by atoms with Crippen LogP contribution in [-0.4, -0.2) is 29.8 Å². The molecular weight excluding hydrogens is 345 g/mol. The first-order chi connectivity index (χ1) is 13.2. The van der Waals surface area contributed by atoms with Gasteiger partial charge < -0.3 is 19.4 Å². The minimum absolute atomic E-state index is 0.266. The molecule has 0 aliphatic carbocycles. The van der Waals surface area contributed by atoms with Crippen molar-refractivity contribution in [3.8, 4) is 11.5 Å². The fourth-order valence-corrected chi connectivity index (χ4v) is 2.96. The summed E-state index contributed by atoms with van der Waals surface area (Å²) in [6.07, 6.45) is 2.30. The van der Waals surface area contributed by atoms with Gasteiger partial charge in [-0.25, -0.2) is 9.37 Å². The van der Waals surface area contributed by atoms with E-state index in [2.05, 4.69) is 16.8 Å². The minimum atomic E-state index is -0.266. The van der Waals surface area contributed by atoms with Crippen molar-refractivity contribution < 1.29 is 13.9 Å². The molecule has 0 aliphatic rings. The van der Waals surface area contributed by atoms with Crippen LogP contribution in [0.25, 0.3) is 11.0 Å². The second-order valence-corrected chi connectivity index (χ2v) is 6.37. The number of unbranched alkanes of at least 4 members (excludes halogenated alkanes) is 1. The molecule has 0 unspecified atom stereocenters. The first-order valence-corrected chi connectivity index (χ1v) is 9.33. The fraction of sp³-hybridized carbons (Fsp3) is 0.381. The SMILES string of the molecule is CCCCNCc1nc2cc(OC)ccc2n1CCOc1ccc(F)cc1. The molecule has 0 spiro atoms. The van der Waals surface area contributed by atoms with Gasteiger partial charge in [-0.15, -0.1) is 0 Å². The Morgan fingerprint density at radius 3 is 2.63 bits per heavy atom. The molecular formula is C21H26FN3O2. The summed E-state index contributed by atoms with van der Waals surface area (Å²) >= 11 is 0. The molecule has 0 aliphatic heterocycles. The maximum atomic E-state index is 13.0. The van der Waals surface area contributed by atoms with E-state index in [1.165, 1.54) is 12.1 Å². The van der Waals surface area contributed by atoms with Crippen LogP contribution in [0.1, 0.15) is 25.6 Å². The topological polar surface area (TPSA) is 48.3 Å². The zero-order chi connectivity index (χ0) is 19.1. The van der Waals surface area contributed by atoms with Crippen molar-refractivity contribution in [1.82, 2.24) is 14.9 Å². The van der Waals surface area contributed by atoms with Crippen LogP contribution in [0.5, 0.6) is 11.5 Å². The Labute approximate surface area is 159 Å². The molecule has 0 bridgehead atoms. The Kier molecular flexibility index (Phi) is 6.65. The number of hydrogen-bond acceptors (Lipinski definition) is 4. The maximum Gasteiger partial charge on any atom is 0.124 e. The number of methoxy groups -OCH3 is 1.